The highest BCUT2D eigenvalue weighted by atomic mass is 16.5. The lowest BCUT2D eigenvalue weighted by Gasteiger charge is -2.04. The molecule has 0 saturated carbocycles. The molecular weight excluding hydrogens is 362 g/mol. The lowest BCUT2D eigenvalue weighted by molar-refractivity contribution is -0.143. The maximum Gasteiger partial charge on any atom is 0.419 e. The van der Waals surface area contributed by atoms with Crippen molar-refractivity contribution in [3.63, 3.8) is 0 Å². The fourth-order valence-corrected chi connectivity index (χ4v) is 3.10. The smallest absolute Gasteiger partial charge is 0.419 e. The summed E-state index contributed by atoms with van der Waals surface area (Å²) in [5.41, 5.74) is 3.01. The van der Waals surface area contributed by atoms with Crippen LogP contribution < -0.4 is 5.76 Å². The predicted octanol–water partition coefficient (Wildman–Crippen LogP) is 1.83. The molecule has 0 aliphatic heterocycles. The summed E-state index contributed by atoms with van der Waals surface area (Å²) in [4.78, 5) is 32.5. The number of ether oxygens (including phenoxy) is 1. The molecule has 0 N–H and O–H groups in total. The van der Waals surface area contributed by atoms with Crippen molar-refractivity contribution in [2.24, 2.45) is 0 Å². The molecule has 4 aromatic rings. The Morgan fingerprint density at radius 1 is 1.21 bits per heavy atom. The van der Waals surface area contributed by atoms with E-state index < -0.39 is 11.7 Å². The Labute approximate surface area is 159 Å². The van der Waals surface area contributed by atoms with Crippen LogP contribution in [0.1, 0.15) is 23.6 Å². The number of esters is 1. The summed E-state index contributed by atoms with van der Waals surface area (Å²) in [6, 6.07) is 9.11. The Morgan fingerprint density at radius 3 is 2.89 bits per heavy atom. The van der Waals surface area contributed by atoms with Crippen molar-refractivity contribution in [3.8, 4) is 0 Å². The Hall–Kier alpha value is -3.49. The van der Waals surface area contributed by atoms with Crippen molar-refractivity contribution in [3.05, 3.63) is 58.1 Å². The Bertz CT molecular complexity index is 1220. The summed E-state index contributed by atoms with van der Waals surface area (Å²) in [6.07, 6.45) is 0.462. The van der Waals surface area contributed by atoms with E-state index >= 15 is 0 Å². The molecule has 0 aliphatic carbocycles. The standard InChI is InChI=1S/C19H19N5O4/c1-12-10-13(2)24-18(20-12)21-16(22-24)11-17(25)27-9-5-8-23-14-6-3-4-7-15(14)28-19(23)26/h3-4,6-7,10H,5,8-9,11H2,1-2H3. The largest absolute Gasteiger partial charge is 0.465 e. The molecule has 28 heavy (non-hydrogen) atoms. The van der Waals surface area contributed by atoms with Crippen LogP contribution >= 0.6 is 0 Å². The third-order valence-corrected chi connectivity index (χ3v) is 4.33. The molecule has 4 rings (SSSR count). The van der Waals surface area contributed by atoms with Crippen LogP contribution in [0, 0.1) is 13.8 Å². The first-order chi connectivity index (χ1) is 13.5. The summed E-state index contributed by atoms with van der Waals surface area (Å²) in [7, 11) is 0. The summed E-state index contributed by atoms with van der Waals surface area (Å²) >= 11 is 0. The van der Waals surface area contributed by atoms with Crippen molar-refractivity contribution in [2.45, 2.75) is 33.2 Å². The van der Waals surface area contributed by atoms with Gasteiger partial charge >= 0.3 is 11.7 Å². The lowest BCUT2D eigenvalue weighted by atomic mass is 10.3. The molecule has 0 fully saturated rings. The van der Waals surface area contributed by atoms with Gasteiger partial charge in [0.2, 0.25) is 0 Å². The molecule has 3 heterocycles. The number of rotatable bonds is 6. The second kappa shape index (κ2) is 7.26. The Kier molecular flexibility index (Phi) is 4.64. The van der Waals surface area contributed by atoms with Gasteiger partial charge in [-0.05, 0) is 38.5 Å². The fraction of sp³-hybridized carbons (Fsp3) is 0.316. The fourth-order valence-electron chi connectivity index (χ4n) is 3.10. The van der Waals surface area contributed by atoms with Gasteiger partial charge in [-0.25, -0.2) is 14.3 Å². The van der Waals surface area contributed by atoms with E-state index in [2.05, 4.69) is 15.1 Å². The normalized spacial score (nSPS) is 11.4. The number of carbonyl (C=O) groups is 1. The zero-order chi connectivity index (χ0) is 19.7. The number of aryl methyl sites for hydroxylation is 3. The SMILES string of the molecule is Cc1cc(C)n2nc(CC(=O)OCCCn3c(=O)oc4ccccc43)nc2n1. The number of carbonyl (C=O) groups excluding carboxylic acids is 1. The van der Waals surface area contributed by atoms with Gasteiger partial charge in [-0.1, -0.05) is 12.1 Å². The minimum absolute atomic E-state index is 0.0313. The van der Waals surface area contributed by atoms with Gasteiger partial charge in [0.1, 0.15) is 6.42 Å². The van der Waals surface area contributed by atoms with Crippen molar-refractivity contribution < 1.29 is 13.9 Å². The van der Waals surface area contributed by atoms with Crippen molar-refractivity contribution in [1.82, 2.24) is 24.1 Å². The van der Waals surface area contributed by atoms with Crippen LogP contribution in [-0.4, -0.2) is 36.7 Å². The number of aromatic nitrogens is 5. The van der Waals surface area contributed by atoms with Gasteiger partial charge in [0.25, 0.3) is 5.78 Å². The monoisotopic (exact) mass is 381 g/mol. The number of oxazole rings is 1. The number of hydrogen-bond donors (Lipinski definition) is 0. The molecule has 144 valence electrons. The second-order valence-corrected chi connectivity index (χ2v) is 6.52. The predicted molar refractivity (Wildman–Crippen MR) is 100 cm³/mol. The van der Waals surface area contributed by atoms with E-state index in [0.29, 0.717) is 30.2 Å². The van der Waals surface area contributed by atoms with E-state index in [9.17, 15) is 9.59 Å². The highest BCUT2D eigenvalue weighted by Gasteiger charge is 2.13. The average Bonchev–Trinajstić information content (AvgIpc) is 3.19. The van der Waals surface area contributed by atoms with Crippen LogP contribution in [-0.2, 0) is 22.5 Å². The molecule has 0 aliphatic rings. The summed E-state index contributed by atoms with van der Waals surface area (Å²) in [5.74, 6) is -0.0102. The van der Waals surface area contributed by atoms with Gasteiger partial charge in [-0.15, -0.1) is 5.10 Å². The summed E-state index contributed by atoms with van der Waals surface area (Å²) in [6.45, 7) is 4.37. The highest BCUT2D eigenvalue weighted by molar-refractivity contribution is 5.72. The first-order valence-electron chi connectivity index (χ1n) is 8.95. The topological polar surface area (TPSA) is 105 Å². The van der Waals surface area contributed by atoms with Crippen LogP contribution in [0.4, 0.5) is 0 Å². The zero-order valence-electron chi connectivity index (χ0n) is 15.6. The number of nitrogens with zero attached hydrogens (tertiary/aromatic N) is 5. The molecule has 0 bridgehead atoms. The first-order valence-corrected chi connectivity index (χ1v) is 8.95. The van der Waals surface area contributed by atoms with Gasteiger partial charge in [0, 0.05) is 17.9 Å². The number of fused-ring (bicyclic) bond motifs is 2. The minimum atomic E-state index is -0.422. The van der Waals surface area contributed by atoms with Crippen molar-refractivity contribution in [1.29, 1.82) is 0 Å². The van der Waals surface area contributed by atoms with E-state index in [1.165, 1.54) is 4.57 Å². The van der Waals surface area contributed by atoms with Crippen LogP contribution in [0.15, 0.2) is 39.5 Å². The van der Waals surface area contributed by atoms with Gasteiger partial charge in [0.15, 0.2) is 11.4 Å². The highest BCUT2D eigenvalue weighted by Crippen LogP contribution is 2.12. The maximum atomic E-state index is 12.1. The molecular formula is C19H19N5O4. The summed E-state index contributed by atoms with van der Waals surface area (Å²) in [5, 5.41) is 4.29. The number of para-hydroxylation sites is 2. The quantitative estimate of drug-likeness (QED) is 0.371. The first kappa shape index (κ1) is 17.9. The number of hydrogen-bond acceptors (Lipinski definition) is 7. The molecule has 9 heteroatoms. The maximum absolute atomic E-state index is 12.1. The van der Waals surface area contributed by atoms with Crippen LogP contribution in [0.2, 0.25) is 0 Å². The zero-order valence-corrected chi connectivity index (χ0v) is 15.6. The molecule has 0 radical (unpaired) electrons. The summed E-state index contributed by atoms with van der Waals surface area (Å²) < 4.78 is 13.6. The van der Waals surface area contributed by atoms with E-state index in [4.69, 9.17) is 9.15 Å². The lowest BCUT2D eigenvalue weighted by Crippen LogP contribution is -2.17. The van der Waals surface area contributed by atoms with Crippen LogP contribution in [0.25, 0.3) is 16.9 Å². The van der Waals surface area contributed by atoms with Gasteiger partial charge in [-0.2, -0.15) is 4.98 Å². The molecule has 0 spiro atoms. The van der Waals surface area contributed by atoms with Gasteiger partial charge in [0.05, 0.1) is 12.1 Å². The van der Waals surface area contributed by atoms with E-state index in [0.717, 1.165) is 16.9 Å². The molecule has 0 atom stereocenters. The van der Waals surface area contributed by atoms with Crippen LogP contribution in [0.5, 0.6) is 0 Å². The molecule has 0 saturated heterocycles. The molecule has 0 unspecified atom stereocenters. The van der Waals surface area contributed by atoms with Gasteiger partial charge in [-0.3, -0.25) is 9.36 Å². The third-order valence-electron chi connectivity index (χ3n) is 4.33. The molecule has 1 aromatic carbocycles. The van der Waals surface area contributed by atoms with Crippen LogP contribution in [0.3, 0.4) is 0 Å². The molecule has 9 nitrogen and oxygen atoms in total. The second-order valence-electron chi connectivity index (χ2n) is 6.52. The van der Waals surface area contributed by atoms with E-state index in [1.54, 1.807) is 10.6 Å². The van der Waals surface area contributed by atoms with E-state index in [-0.39, 0.29) is 13.0 Å². The third kappa shape index (κ3) is 3.51. The molecule has 0 amide bonds. The average molecular weight is 381 g/mol. The van der Waals surface area contributed by atoms with Crippen molar-refractivity contribution >= 4 is 22.8 Å². The van der Waals surface area contributed by atoms with E-state index in [1.807, 2.05) is 38.1 Å². The Morgan fingerprint density at radius 2 is 2.04 bits per heavy atom. The van der Waals surface area contributed by atoms with Gasteiger partial charge < -0.3 is 9.15 Å². The molecule has 3 aromatic heterocycles. The Balaban J connectivity index is 1.33. The van der Waals surface area contributed by atoms with Crippen molar-refractivity contribution in [2.75, 3.05) is 6.61 Å². The number of benzene rings is 1. The minimum Gasteiger partial charge on any atom is -0.465 e.